The van der Waals surface area contributed by atoms with E-state index in [9.17, 15) is 9.59 Å². The Balaban J connectivity index is 0.00000841. The van der Waals surface area contributed by atoms with Crippen LogP contribution in [0.2, 0.25) is 0 Å². The summed E-state index contributed by atoms with van der Waals surface area (Å²) in [7, 11) is 0. The Morgan fingerprint density at radius 2 is 1.77 bits per heavy atom. The molecule has 10 heteroatoms. The predicted molar refractivity (Wildman–Crippen MR) is 129 cm³/mol. The van der Waals surface area contributed by atoms with Crippen molar-refractivity contribution in [2.45, 2.75) is 85.8 Å². The number of primary amides is 1. The average molecular weight is 541 g/mol. The lowest BCUT2D eigenvalue weighted by molar-refractivity contribution is -0.125. The molecule has 0 aromatic carbocycles. The van der Waals surface area contributed by atoms with Gasteiger partial charge in [-0.1, -0.05) is 0 Å². The maximum Gasteiger partial charge on any atom is 0.412 e. The SMILES string of the molecule is CCNC(=NCC(C)(C)C(N)=O)NCC1C(C)OC(C)(C)N1C(=O)OC(C)(C)C.I. The van der Waals surface area contributed by atoms with Gasteiger partial charge in [-0.05, 0) is 62.3 Å². The highest BCUT2D eigenvalue weighted by molar-refractivity contribution is 14.0. The second-order valence-electron chi connectivity index (χ2n) is 9.51. The smallest absolute Gasteiger partial charge is 0.412 e. The molecule has 0 bridgehead atoms. The zero-order valence-corrected chi connectivity index (χ0v) is 22.1. The van der Waals surface area contributed by atoms with Gasteiger partial charge < -0.3 is 25.8 Å². The highest BCUT2D eigenvalue weighted by Gasteiger charge is 2.49. The minimum absolute atomic E-state index is 0. The number of carbonyl (C=O) groups is 2. The zero-order valence-electron chi connectivity index (χ0n) is 19.8. The van der Waals surface area contributed by atoms with E-state index in [1.165, 1.54) is 0 Å². The van der Waals surface area contributed by atoms with Crippen molar-refractivity contribution < 1.29 is 19.1 Å². The standard InChI is InChI=1S/C20H39N5O4.HI/c1-10-22-16(24-12-19(6,7)15(21)26)23-11-14-13(2)28-20(8,9)25(14)17(27)29-18(3,4)5;/h13-14H,10-12H2,1-9H3,(H2,21,26)(H2,22,23,24);1H. The fourth-order valence-electron chi connectivity index (χ4n) is 3.02. The maximum absolute atomic E-state index is 12.8. The number of hydrogen-bond acceptors (Lipinski definition) is 5. The Labute approximate surface area is 197 Å². The summed E-state index contributed by atoms with van der Waals surface area (Å²) in [6.07, 6.45) is -0.620. The van der Waals surface area contributed by atoms with Crippen LogP contribution in [0, 0.1) is 5.41 Å². The van der Waals surface area contributed by atoms with Gasteiger partial charge in [0.1, 0.15) is 11.3 Å². The van der Waals surface area contributed by atoms with E-state index in [2.05, 4.69) is 15.6 Å². The number of nitrogens with one attached hydrogen (secondary N) is 2. The molecule has 1 aliphatic heterocycles. The molecule has 2 amide bonds. The molecule has 1 aliphatic rings. The molecule has 2 atom stereocenters. The summed E-state index contributed by atoms with van der Waals surface area (Å²) < 4.78 is 11.6. The molecule has 0 radical (unpaired) electrons. The molecule has 1 saturated heterocycles. The first-order valence-electron chi connectivity index (χ1n) is 10.1. The molecule has 30 heavy (non-hydrogen) atoms. The van der Waals surface area contributed by atoms with E-state index >= 15 is 0 Å². The molecule has 1 rings (SSSR count). The summed E-state index contributed by atoms with van der Waals surface area (Å²) in [6.45, 7) is 17.9. The summed E-state index contributed by atoms with van der Waals surface area (Å²) in [6, 6.07) is -0.257. The van der Waals surface area contributed by atoms with Crippen molar-refractivity contribution >= 4 is 41.9 Å². The first kappa shape index (κ1) is 28.7. The van der Waals surface area contributed by atoms with Crippen LogP contribution in [0.5, 0.6) is 0 Å². The van der Waals surface area contributed by atoms with Crippen molar-refractivity contribution in [2.75, 3.05) is 19.6 Å². The lowest BCUT2D eigenvalue weighted by atomic mass is 9.93. The highest BCUT2D eigenvalue weighted by atomic mass is 127. The minimum Gasteiger partial charge on any atom is -0.444 e. The summed E-state index contributed by atoms with van der Waals surface area (Å²) >= 11 is 0. The fourth-order valence-corrected chi connectivity index (χ4v) is 3.02. The molecule has 1 fully saturated rings. The number of halogens is 1. The van der Waals surface area contributed by atoms with Gasteiger partial charge in [-0.25, -0.2) is 4.79 Å². The fraction of sp³-hybridized carbons (Fsp3) is 0.850. The number of aliphatic imine (C=N–C) groups is 1. The van der Waals surface area contributed by atoms with E-state index in [1.807, 2.05) is 48.5 Å². The van der Waals surface area contributed by atoms with Crippen molar-refractivity contribution in [3.05, 3.63) is 0 Å². The molecule has 4 N–H and O–H groups in total. The van der Waals surface area contributed by atoms with Crippen molar-refractivity contribution in [3.63, 3.8) is 0 Å². The molecule has 0 spiro atoms. The van der Waals surface area contributed by atoms with Gasteiger partial charge in [-0.3, -0.25) is 14.7 Å². The van der Waals surface area contributed by atoms with Gasteiger partial charge in [0, 0.05) is 13.1 Å². The van der Waals surface area contributed by atoms with Crippen molar-refractivity contribution in [1.82, 2.24) is 15.5 Å². The van der Waals surface area contributed by atoms with E-state index in [-0.39, 0.29) is 42.7 Å². The Morgan fingerprint density at radius 3 is 2.23 bits per heavy atom. The summed E-state index contributed by atoms with van der Waals surface area (Å²) in [5.41, 5.74) is 3.28. The van der Waals surface area contributed by atoms with E-state index in [0.29, 0.717) is 19.0 Å². The molecule has 1 heterocycles. The third-order valence-electron chi connectivity index (χ3n) is 4.64. The zero-order chi connectivity index (χ0) is 22.6. The number of rotatable bonds is 6. The lowest BCUT2D eigenvalue weighted by Gasteiger charge is -2.35. The molecule has 9 nitrogen and oxygen atoms in total. The van der Waals surface area contributed by atoms with Gasteiger partial charge in [-0.2, -0.15) is 0 Å². The summed E-state index contributed by atoms with van der Waals surface area (Å²) in [5.74, 6) is 0.135. The quantitative estimate of drug-likeness (QED) is 0.270. The van der Waals surface area contributed by atoms with Gasteiger partial charge in [0.15, 0.2) is 5.96 Å². The van der Waals surface area contributed by atoms with Crippen LogP contribution in [0.1, 0.15) is 62.3 Å². The van der Waals surface area contributed by atoms with Crippen LogP contribution in [0.15, 0.2) is 4.99 Å². The topological polar surface area (TPSA) is 118 Å². The van der Waals surface area contributed by atoms with Crippen LogP contribution < -0.4 is 16.4 Å². The molecule has 176 valence electrons. The number of ether oxygens (including phenoxy) is 2. The summed E-state index contributed by atoms with van der Waals surface area (Å²) in [5, 5.41) is 6.39. The van der Waals surface area contributed by atoms with Crippen LogP contribution in [-0.2, 0) is 14.3 Å². The highest BCUT2D eigenvalue weighted by Crippen LogP contribution is 2.33. The van der Waals surface area contributed by atoms with Gasteiger partial charge in [-0.15, -0.1) is 24.0 Å². The molecule has 0 saturated carbocycles. The Hall–Kier alpha value is -1.30. The second kappa shape index (κ2) is 10.8. The number of nitrogens with two attached hydrogens (primary N) is 1. The van der Waals surface area contributed by atoms with E-state index < -0.39 is 28.7 Å². The van der Waals surface area contributed by atoms with Crippen molar-refractivity contribution in [1.29, 1.82) is 0 Å². The van der Waals surface area contributed by atoms with Crippen LogP contribution in [0.3, 0.4) is 0 Å². The van der Waals surface area contributed by atoms with Gasteiger partial charge in [0.05, 0.1) is 24.1 Å². The molecule has 2 unspecified atom stereocenters. The molecule has 0 aliphatic carbocycles. The number of amides is 2. The third-order valence-corrected chi connectivity index (χ3v) is 4.64. The van der Waals surface area contributed by atoms with Crippen LogP contribution in [0.4, 0.5) is 4.79 Å². The van der Waals surface area contributed by atoms with Gasteiger partial charge in [0.2, 0.25) is 5.91 Å². The average Bonchev–Trinajstić information content (AvgIpc) is 2.76. The van der Waals surface area contributed by atoms with E-state index in [0.717, 1.165) is 0 Å². The Bertz CT molecular complexity index is 631. The Kier molecular flexibility index (Phi) is 10.4. The predicted octanol–water partition coefficient (Wildman–Crippen LogP) is 2.43. The molecular weight excluding hydrogens is 501 g/mol. The van der Waals surface area contributed by atoms with E-state index in [1.54, 1.807) is 18.7 Å². The molecular formula is C20H40IN5O4. The monoisotopic (exact) mass is 541 g/mol. The van der Waals surface area contributed by atoms with Crippen LogP contribution in [-0.4, -0.2) is 66.0 Å². The van der Waals surface area contributed by atoms with E-state index in [4.69, 9.17) is 15.2 Å². The van der Waals surface area contributed by atoms with Gasteiger partial charge in [0.25, 0.3) is 0 Å². The Morgan fingerprint density at radius 1 is 1.20 bits per heavy atom. The maximum atomic E-state index is 12.8. The van der Waals surface area contributed by atoms with Crippen molar-refractivity contribution in [2.24, 2.45) is 16.1 Å². The molecule has 0 aromatic rings. The van der Waals surface area contributed by atoms with Crippen LogP contribution in [0.25, 0.3) is 0 Å². The first-order chi connectivity index (χ1) is 13.1. The van der Waals surface area contributed by atoms with Gasteiger partial charge >= 0.3 is 6.09 Å². The second-order valence-corrected chi connectivity index (χ2v) is 9.51. The summed E-state index contributed by atoms with van der Waals surface area (Å²) in [4.78, 5) is 30.5. The largest absolute Gasteiger partial charge is 0.444 e. The number of carbonyl (C=O) groups excluding carboxylic acids is 2. The third kappa shape index (κ3) is 8.09. The number of nitrogens with zero attached hydrogens (tertiary/aromatic N) is 2. The molecule has 0 aromatic heterocycles. The first-order valence-corrected chi connectivity index (χ1v) is 10.1. The minimum atomic E-state index is -0.794. The number of guanidine groups is 1. The lowest BCUT2D eigenvalue weighted by Crippen LogP contribution is -2.54. The van der Waals surface area contributed by atoms with Crippen molar-refractivity contribution in [3.8, 4) is 0 Å². The van der Waals surface area contributed by atoms with Crippen LogP contribution >= 0.6 is 24.0 Å². The number of hydrogen-bond donors (Lipinski definition) is 3. The normalized spacial score (nSPS) is 21.6.